The molecule has 3 fully saturated rings. The maximum Gasteiger partial charge on any atom is 0.416 e. The minimum Gasteiger partial charge on any atom is -0.453 e. The summed E-state index contributed by atoms with van der Waals surface area (Å²) in [6.45, 7) is 8.57. The predicted octanol–water partition coefficient (Wildman–Crippen LogP) is 9.66. The van der Waals surface area contributed by atoms with Crippen molar-refractivity contribution in [3.63, 3.8) is 0 Å². The molecule has 366 valence electrons. The van der Waals surface area contributed by atoms with Gasteiger partial charge in [0.1, 0.15) is 23.7 Å². The van der Waals surface area contributed by atoms with Gasteiger partial charge in [0.05, 0.1) is 67.7 Å². The topological polar surface area (TPSA) is 178 Å². The van der Waals surface area contributed by atoms with Crippen LogP contribution in [-0.4, -0.2) is 93.1 Å². The van der Waals surface area contributed by atoms with Gasteiger partial charge in [-0.25, -0.2) is 19.6 Å². The molecular weight excluding hydrogens is 892 g/mol. The van der Waals surface area contributed by atoms with Gasteiger partial charge < -0.3 is 44.8 Å². The van der Waals surface area contributed by atoms with Crippen molar-refractivity contribution in [3.8, 4) is 22.5 Å². The summed E-state index contributed by atoms with van der Waals surface area (Å²) in [4.78, 5) is 73.6. The van der Waals surface area contributed by atoms with Gasteiger partial charge in [0, 0.05) is 18.8 Å². The van der Waals surface area contributed by atoms with Crippen molar-refractivity contribution in [2.24, 2.45) is 11.8 Å². The number of aromatic amines is 2. The highest BCUT2D eigenvalue weighted by Gasteiger charge is 2.40. The van der Waals surface area contributed by atoms with Crippen LogP contribution in [0.25, 0.3) is 22.5 Å². The molecule has 5 aromatic rings. The molecule has 8 rings (SSSR count). The fourth-order valence-electron chi connectivity index (χ4n) is 10.1. The lowest BCUT2D eigenvalue weighted by Crippen LogP contribution is -2.51. The fraction of sp³-hybridized carbons (Fsp3) is 0.451. The van der Waals surface area contributed by atoms with Gasteiger partial charge in [0.25, 0.3) is 0 Å². The summed E-state index contributed by atoms with van der Waals surface area (Å²) in [6, 6.07) is 19.2. The Bertz CT molecular complexity index is 2450. The molecule has 0 aliphatic carbocycles. The number of aromatic nitrogens is 4. The zero-order valence-corrected chi connectivity index (χ0v) is 39.7. The molecule has 0 saturated carbocycles. The molecule has 18 heteroatoms. The molecule has 3 aliphatic heterocycles. The van der Waals surface area contributed by atoms with Gasteiger partial charge in [-0.1, -0.05) is 76.2 Å². The number of amides is 4. The maximum atomic E-state index is 13.8. The lowest BCUT2D eigenvalue weighted by Gasteiger charge is -2.33. The van der Waals surface area contributed by atoms with Gasteiger partial charge in [-0.05, 0) is 96.9 Å². The molecule has 3 aliphatic rings. The number of likely N-dealkylation sites (tertiary alicyclic amines) is 2. The number of benzene rings is 3. The number of alkyl carbamates (subject to hydrolysis) is 2. The number of nitrogens with zero attached hydrogens (tertiary/aromatic N) is 5. The lowest BCUT2D eigenvalue weighted by molar-refractivity contribution is -0.138. The van der Waals surface area contributed by atoms with E-state index >= 15 is 0 Å². The fourth-order valence-corrected chi connectivity index (χ4v) is 10.1. The number of hydrogen-bond acceptors (Lipinski definition) is 9. The van der Waals surface area contributed by atoms with E-state index in [4.69, 9.17) is 19.4 Å². The number of anilines is 1. The van der Waals surface area contributed by atoms with Crippen molar-refractivity contribution in [1.82, 2.24) is 40.4 Å². The second-order valence-electron chi connectivity index (χ2n) is 18.8. The minimum absolute atomic E-state index is 0.145. The Kier molecular flexibility index (Phi) is 14.4. The monoisotopic (exact) mass is 951 g/mol. The van der Waals surface area contributed by atoms with Gasteiger partial charge in [-0.2, -0.15) is 13.2 Å². The second kappa shape index (κ2) is 20.4. The first-order chi connectivity index (χ1) is 33.1. The van der Waals surface area contributed by atoms with Gasteiger partial charge in [0.15, 0.2) is 0 Å². The van der Waals surface area contributed by atoms with Crippen LogP contribution in [0.3, 0.4) is 0 Å². The third-order valence-corrected chi connectivity index (χ3v) is 13.8. The number of carbonyl (C=O) groups is 4. The molecule has 15 nitrogen and oxygen atoms in total. The Balaban J connectivity index is 1.00. The van der Waals surface area contributed by atoms with Gasteiger partial charge in [-0.3, -0.25) is 9.59 Å². The third kappa shape index (κ3) is 10.3. The van der Waals surface area contributed by atoms with E-state index in [9.17, 15) is 32.3 Å². The number of ether oxygens (including phenoxy) is 2. The summed E-state index contributed by atoms with van der Waals surface area (Å²) < 4.78 is 50.8. The van der Waals surface area contributed by atoms with E-state index in [2.05, 4.69) is 25.5 Å². The van der Waals surface area contributed by atoms with Crippen molar-refractivity contribution in [2.75, 3.05) is 32.2 Å². The number of imidazole rings is 2. The number of hydrogen-bond donors (Lipinski definition) is 4. The zero-order valence-electron chi connectivity index (χ0n) is 39.7. The Labute approximate surface area is 399 Å². The average molecular weight is 952 g/mol. The van der Waals surface area contributed by atoms with E-state index < -0.39 is 36.0 Å². The van der Waals surface area contributed by atoms with Crippen LogP contribution in [0.5, 0.6) is 0 Å². The van der Waals surface area contributed by atoms with Crippen molar-refractivity contribution in [3.05, 3.63) is 114 Å². The molecule has 0 radical (unpaired) electrons. The quantitative estimate of drug-likeness (QED) is 0.0895. The van der Waals surface area contributed by atoms with Crippen molar-refractivity contribution >= 4 is 29.7 Å². The van der Waals surface area contributed by atoms with Crippen LogP contribution in [0.2, 0.25) is 0 Å². The Morgan fingerprint density at radius 1 is 0.609 bits per heavy atom. The van der Waals surface area contributed by atoms with Crippen LogP contribution < -0.4 is 15.5 Å². The summed E-state index contributed by atoms with van der Waals surface area (Å²) in [7, 11) is 2.53. The molecule has 3 aromatic carbocycles. The molecule has 6 atom stereocenters. The molecule has 4 amide bonds. The first-order valence-electron chi connectivity index (χ1n) is 23.6. The highest BCUT2D eigenvalue weighted by Crippen LogP contribution is 2.48. The lowest BCUT2D eigenvalue weighted by atomic mass is 10.0. The van der Waals surface area contributed by atoms with E-state index in [0.29, 0.717) is 30.4 Å². The molecule has 6 unspecified atom stereocenters. The normalized spacial score (nSPS) is 20.4. The maximum absolute atomic E-state index is 13.8. The van der Waals surface area contributed by atoms with Gasteiger partial charge in [0.2, 0.25) is 11.8 Å². The standard InChI is InChI=1S/C51H60F3N9O6/c1-29(2)43(59-49(66)68-5)47(64)61-25-7-9-41(61)45-55-27-37(57-45)31-11-15-33(16-12-31)39-23-24-40(63(39)36-21-19-35(20-22-36)51(52,53)54)34-17-13-32(14-18-34)38-28-56-46(58-38)42-10-8-26-62(42)48(65)44(30(3)4)60-50(67)69-6/h11-22,27-30,39-44H,7-10,23-26H2,1-6H3,(H,55,57)(H,56,58)(H,59,66)(H,60,67). The third-order valence-electron chi connectivity index (χ3n) is 13.8. The summed E-state index contributed by atoms with van der Waals surface area (Å²) in [5.74, 6) is 0.625. The molecule has 4 N–H and O–H groups in total. The molecule has 69 heavy (non-hydrogen) atoms. The number of carbonyl (C=O) groups excluding carboxylic acids is 4. The second-order valence-corrected chi connectivity index (χ2v) is 18.8. The number of methoxy groups -OCH3 is 2. The number of halogens is 3. The first-order valence-corrected chi connectivity index (χ1v) is 23.6. The summed E-state index contributed by atoms with van der Waals surface area (Å²) in [6.07, 6.45) is 2.25. The van der Waals surface area contributed by atoms with Crippen LogP contribution in [0.15, 0.2) is 85.2 Å². The Morgan fingerprint density at radius 2 is 1.01 bits per heavy atom. The predicted molar refractivity (Wildman–Crippen MR) is 252 cm³/mol. The number of rotatable bonds is 13. The molecule has 0 bridgehead atoms. The van der Waals surface area contributed by atoms with Crippen LogP contribution in [0.1, 0.15) is 119 Å². The first kappa shape index (κ1) is 48.6. The summed E-state index contributed by atoms with van der Waals surface area (Å²) in [5, 5.41) is 5.37. The zero-order chi connectivity index (χ0) is 49.1. The average Bonchev–Trinajstić information content (AvgIpc) is 4.21. The Morgan fingerprint density at radius 3 is 1.38 bits per heavy atom. The van der Waals surface area contributed by atoms with Crippen LogP contribution in [0, 0.1) is 11.8 Å². The van der Waals surface area contributed by atoms with E-state index in [-0.39, 0.29) is 47.8 Å². The molecule has 2 aromatic heterocycles. The largest absolute Gasteiger partial charge is 0.453 e. The molecule has 0 spiro atoms. The highest BCUT2D eigenvalue weighted by molar-refractivity contribution is 5.87. The number of nitrogens with one attached hydrogen (secondary N) is 4. The highest BCUT2D eigenvalue weighted by atomic mass is 19.4. The van der Waals surface area contributed by atoms with Crippen molar-refractivity contribution in [2.45, 2.75) is 109 Å². The molecular formula is C51H60F3N9O6. The molecule has 3 saturated heterocycles. The van der Waals surface area contributed by atoms with Crippen LogP contribution in [0.4, 0.5) is 28.4 Å². The molecule has 5 heterocycles. The van der Waals surface area contributed by atoms with Crippen molar-refractivity contribution < 1.29 is 41.8 Å². The van der Waals surface area contributed by atoms with E-state index in [1.165, 1.54) is 14.2 Å². The minimum atomic E-state index is -4.47. The van der Waals surface area contributed by atoms with Gasteiger partial charge in [-0.15, -0.1) is 0 Å². The van der Waals surface area contributed by atoms with E-state index in [1.807, 2.05) is 76.2 Å². The summed E-state index contributed by atoms with van der Waals surface area (Å²) in [5.41, 5.74) is 5.30. The van der Waals surface area contributed by atoms with Crippen LogP contribution in [-0.2, 0) is 25.2 Å². The van der Waals surface area contributed by atoms with Gasteiger partial charge >= 0.3 is 18.4 Å². The van der Waals surface area contributed by atoms with Crippen LogP contribution >= 0.6 is 0 Å². The number of H-pyrrole nitrogens is 2. The van der Waals surface area contributed by atoms with E-state index in [0.717, 1.165) is 84.3 Å². The summed E-state index contributed by atoms with van der Waals surface area (Å²) >= 11 is 0. The number of alkyl halides is 3. The smallest absolute Gasteiger partial charge is 0.416 e. The SMILES string of the molecule is COC(=O)NC(C(=O)N1CCCC1c1ncc(-c2ccc(C3CCC(c4ccc(-c5cnc(C6CCCN6C(=O)C(NC(=O)OC)C(C)C)[nH]5)cc4)N3c3ccc(C(F)(F)F)cc3)cc2)[nH]1)C(C)C. The Hall–Kier alpha value is -6.85. The van der Waals surface area contributed by atoms with E-state index in [1.54, 1.807) is 34.3 Å². The van der Waals surface area contributed by atoms with Crippen molar-refractivity contribution in [1.29, 1.82) is 0 Å².